The van der Waals surface area contributed by atoms with E-state index in [1.54, 1.807) is 13.0 Å². The second-order valence-electron chi connectivity index (χ2n) is 3.69. The Hall–Kier alpha value is -2.01. The Labute approximate surface area is 108 Å². The summed E-state index contributed by atoms with van der Waals surface area (Å²) >= 11 is 5.29. The van der Waals surface area contributed by atoms with E-state index in [0.717, 1.165) is 10.9 Å². The molecule has 0 aliphatic rings. The molecule has 2 rings (SSSR count). The van der Waals surface area contributed by atoms with Gasteiger partial charge in [-0.1, -0.05) is 18.2 Å². The second kappa shape index (κ2) is 5.10. The molecule has 94 valence electrons. The summed E-state index contributed by atoms with van der Waals surface area (Å²) in [6, 6.07) is 7.32. The maximum Gasteiger partial charge on any atom is 0.305 e. The number of carbonyl (C=O) groups excluding carboxylic acids is 2. The first-order valence-electron chi connectivity index (χ1n) is 5.26. The van der Waals surface area contributed by atoms with Gasteiger partial charge in [0.15, 0.2) is 5.76 Å². The standard InChI is InChI=1S/C12H11ClN2O3/c1-7-8-4-2-3-5-9(8)18-11(7)12(17)15-14-10(16)6-13/h2-5H,6H2,1H3,(H,14,16)(H,15,17). The van der Waals surface area contributed by atoms with Crippen molar-refractivity contribution in [2.24, 2.45) is 0 Å². The molecule has 0 atom stereocenters. The highest BCUT2D eigenvalue weighted by Crippen LogP contribution is 2.24. The number of benzene rings is 1. The maximum absolute atomic E-state index is 11.8. The lowest BCUT2D eigenvalue weighted by atomic mass is 10.1. The molecule has 0 saturated carbocycles. The normalized spacial score (nSPS) is 10.3. The lowest BCUT2D eigenvalue weighted by molar-refractivity contribution is -0.119. The third-order valence-electron chi connectivity index (χ3n) is 2.49. The van der Waals surface area contributed by atoms with Crippen LogP contribution in [0.2, 0.25) is 0 Å². The van der Waals surface area contributed by atoms with E-state index >= 15 is 0 Å². The summed E-state index contributed by atoms with van der Waals surface area (Å²) in [5, 5.41) is 0.867. The first-order chi connectivity index (χ1) is 8.63. The highest BCUT2D eigenvalue weighted by atomic mass is 35.5. The monoisotopic (exact) mass is 266 g/mol. The van der Waals surface area contributed by atoms with Crippen molar-refractivity contribution in [3.8, 4) is 0 Å². The molecular weight excluding hydrogens is 256 g/mol. The van der Waals surface area contributed by atoms with Gasteiger partial charge in [0.1, 0.15) is 11.5 Å². The van der Waals surface area contributed by atoms with Gasteiger partial charge in [-0.25, -0.2) is 0 Å². The topological polar surface area (TPSA) is 71.3 Å². The first-order valence-corrected chi connectivity index (χ1v) is 5.80. The average molecular weight is 267 g/mol. The van der Waals surface area contributed by atoms with E-state index in [1.807, 2.05) is 18.2 Å². The molecule has 2 amide bonds. The van der Waals surface area contributed by atoms with Crippen LogP contribution in [0.25, 0.3) is 11.0 Å². The van der Waals surface area contributed by atoms with Crippen LogP contribution in [0, 0.1) is 6.92 Å². The molecule has 2 aromatic rings. The summed E-state index contributed by atoms with van der Waals surface area (Å²) in [6.45, 7) is 1.78. The number of carbonyl (C=O) groups is 2. The smallest absolute Gasteiger partial charge is 0.305 e. The van der Waals surface area contributed by atoms with Gasteiger partial charge in [-0.2, -0.15) is 0 Å². The highest BCUT2D eigenvalue weighted by molar-refractivity contribution is 6.27. The maximum atomic E-state index is 11.8. The zero-order valence-corrected chi connectivity index (χ0v) is 10.4. The molecule has 1 aromatic carbocycles. The van der Waals surface area contributed by atoms with Crippen molar-refractivity contribution in [2.75, 3.05) is 5.88 Å². The number of hydrazine groups is 1. The minimum Gasteiger partial charge on any atom is -0.451 e. The van der Waals surface area contributed by atoms with Crippen LogP contribution in [0.15, 0.2) is 28.7 Å². The summed E-state index contributed by atoms with van der Waals surface area (Å²) in [6.07, 6.45) is 0. The first kappa shape index (κ1) is 12.4. The van der Waals surface area contributed by atoms with Crippen LogP contribution in [-0.4, -0.2) is 17.7 Å². The van der Waals surface area contributed by atoms with E-state index in [9.17, 15) is 9.59 Å². The Morgan fingerprint density at radius 1 is 1.28 bits per heavy atom. The third kappa shape index (κ3) is 2.31. The summed E-state index contributed by atoms with van der Waals surface area (Å²) in [5.74, 6) is -1.05. The van der Waals surface area contributed by atoms with Crippen molar-refractivity contribution in [3.63, 3.8) is 0 Å². The Balaban J connectivity index is 2.23. The lowest BCUT2D eigenvalue weighted by Gasteiger charge is -2.03. The van der Waals surface area contributed by atoms with Gasteiger partial charge in [0.25, 0.3) is 5.91 Å². The number of amides is 2. The van der Waals surface area contributed by atoms with E-state index in [-0.39, 0.29) is 11.6 Å². The molecule has 0 radical (unpaired) electrons. The molecule has 0 aliphatic carbocycles. The van der Waals surface area contributed by atoms with Crippen LogP contribution in [0.4, 0.5) is 0 Å². The van der Waals surface area contributed by atoms with Crippen molar-refractivity contribution in [1.82, 2.24) is 10.9 Å². The van der Waals surface area contributed by atoms with Gasteiger partial charge in [-0.05, 0) is 13.0 Å². The number of aryl methyl sites for hydroxylation is 1. The Bertz CT molecular complexity index is 606. The second-order valence-corrected chi connectivity index (χ2v) is 3.96. The van der Waals surface area contributed by atoms with Crippen LogP contribution >= 0.6 is 11.6 Å². The molecule has 0 unspecified atom stereocenters. The van der Waals surface area contributed by atoms with E-state index in [2.05, 4.69) is 10.9 Å². The number of furan rings is 1. The molecule has 0 aliphatic heterocycles. The molecule has 0 fully saturated rings. The summed E-state index contributed by atoms with van der Waals surface area (Å²) in [5.41, 5.74) is 5.76. The van der Waals surface area contributed by atoms with Crippen LogP contribution in [0.1, 0.15) is 16.1 Å². The molecule has 0 saturated heterocycles. The predicted octanol–water partition coefficient (Wildman–Crippen LogP) is 1.74. The number of hydrogen-bond donors (Lipinski definition) is 2. The third-order valence-corrected chi connectivity index (χ3v) is 2.73. The Morgan fingerprint density at radius 3 is 2.67 bits per heavy atom. The van der Waals surface area contributed by atoms with Crippen molar-refractivity contribution < 1.29 is 14.0 Å². The number of hydrogen-bond acceptors (Lipinski definition) is 3. The number of rotatable bonds is 2. The molecule has 6 heteroatoms. The summed E-state index contributed by atoms with van der Waals surface area (Å²) in [7, 11) is 0. The number of para-hydroxylation sites is 1. The van der Waals surface area contributed by atoms with E-state index in [1.165, 1.54) is 0 Å². The van der Waals surface area contributed by atoms with Crippen molar-refractivity contribution in [3.05, 3.63) is 35.6 Å². The number of halogens is 1. The molecule has 1 aromatic heterocycles. The highest BCUT2D eigenvalue weighted by Gasteiger charge is 2.17. The SMILES string of the molecule is Cc1c(C(=O)NNC(=O)CCl)oc2ccccc12. The Morgan fingerprint density at radius 2 is 2.00 bits per heavy atom. The van der Waals surface area contributed by atoms with Crippen LogP contribution < -0.4 is 10.9 Å². The molecule has 0 bridgehead atoms. The van der Waals surface area contributed by atoms with Gasteiger partial charge in [-0.3, -0.25) is 20.4 Å². The van der Waals surface area contributed by atoms with Crippen molar-refractivity contribution in [1.29, 1.82) is 0 Å². The lowest BCUT2D eigenvalue weighted by Crippen LogP contribution is -2.42. The minimum absolute atomic E-state index is 0.172. The fourth-order valence-electron chi connectivity index (χ4n) is 1.61. The van der Waals surface area contributed by atoms with Crippen molar-refractivity contribution in [2.45, 2.75) is 6.92 Å². The largest absolute Gasteiger partial charge is 0.451 e. The van der Waals surface area contributed by atoms with Crippen LogP contribution in [0.3, 0.4) is 0 Å². The van der Waals surface area contributed by atoms with Gasteiger partial charge in [-0.15, -0.1) is 11.6 Å². The molecular formula is C12H11ClN2O3. The zero-order valence-electron chi connectivity index (χ0n) is 9.62. The van der Waals surface area contributed by atoms with Gasteiger partial charge >= 0.3 is 5.91 Å². The van der Waals surface area contributed by atoms with Crippen LogP contribution in [0.5, 0.6) is 0 Å². The van der Waals surface area contributed by atoms with E-state index in [4.69, 9.17) is 16.0 Å². The average Bonchev–Trinajstić information content (AvgIpc) is 2.73. The van der Waals surface area contributed by atoms with Crippen molar-refractivity contribution >= 4 is 34.4 Å². The molecule has 0 spiro atoms. The van der Waals surface area contributed by atoms with E-state index < -0.39 is 11.8 Å². The quantitative estimate of drug-likeness (QED) is 0.642. The fraction of sp³-hybridized carbons (Fsp3) is 0.167. The summed E-state index contributed by atoms with van der Waals surface area (Å²) in [4.78, 5) is 22.7. The van der Waals surface area contributed by atoms with Gasteiger partial charge in [0, 0.05) is 10.9 Å². The number of alkyl halides is 1. The zero-order chi connectivity index (χ0) is 13.1. The van der Waals surface area contributed by atoms with Gasteiger partial charge in [0.05, 0.1) is 0 Å². The molecule has 1 heterocycles. The Kier molecular flexibility index (Phi) is 3.53. The minimum atomic E-state index is -0.512. The van der Waals surface area contributed by atoms with Gasteiger partial charge < -0.3 is 4.42 Å². The van der Waals surface area contributed by atoms with Crippen LogP contribution in [-0.2, 0) is 4.79 Å². The van der Waals surface area contributed by atoms with E-state index in [0.29, 0.717) is 5.58 Å². The summed E-state index contributed by atoms with van der Waals surface area (Å²) < 4.78 is 5.43. The number of fused-ring (bicyclic) bond motifs is 1. The molecule has 18 heavy (non-hydrogen) atoms. The fourth-order valence-corrected chi connectivity index (χ4v) is 1.67. The molecule has 2 N–H and O–H groups in total. The number of nitrogens with one attached hydrogen (secondary N) is 2. The van der Waals surface area contributed by atoms with Gasteiger partial charge in [0.2, 0.25) is 0 Å². The predicted molar refractivity (Wildman–Crippen MR) is 67.3 cm³/mol. The molecule has 5 nitrogen and oxygen atoms in total.